The molecule has 21 heavy (non-hydrogen) atoms. The molecule has 0 aliphatic rings. The van der Waals surface area contributed by atoms with Crippen molar-refractivity contribution in [3.05, 3.63) is 18.7 Å². The van der Waals surface area contributed by atoms with Gasteiger partial charge in [0.25, 0.3) is 0 Å². The Kier molecular flexibility index (Phi) is 8.57. The van der Waals surface area contributed by atoms with E-state index in [1.165, 1.54) is 38.6 Å². The molecule has 5 nitrogen and oxygen atoms in total. The fourth-order valence-corrected chi connectivity index (χ4v) is 1.53. The highest BCUT2D eigenvalue weighted by Gasteiger charge is 2.36. The van der Waals surface area contributed by atoms with E-state index in [2.05, 4.69) is 41.8 Å². The van der Waals surface area contributed by atoms with Crippen LogP contribution in [0.3, 0.4) is 0 Å². The van der Waals surface area contributed by atoms with E-state index < -0.39 is 15.6 Å². The number of halogens is 3. The van der Waals surface area contributed by atoms with Crippen molar-refractivity contribution in [1.82, 2.24) is 4.57 Å². The van der Waals surface area contributed by atoms with Crippen molar-refractivity contribution in [2.45, 2.75) is 51.1 Å². The van der Waals surface area contributed by atoms with Crippen molar-refractivity contribution < 1.29 is 30.7 Å². The van der Waals surface area contributed by atoms with Gasteiger partial charge in [-0.2, -0.15) is 13.2 Å². The van der Waals surface area contributed by atoms with Crippen LogP contribution in [0.2, 0.25) is 0 Å². The number of aryl methyl sites for hydroxylation is 2. The topological polar surface area (TPSA) is 66.0 Å². The predicted octanol–water partition coefficient (Wildman–Crippen LogP) is 2.33. The normalized spacial score (nSPS) is 11.9. The van der Waals surface area contributed by atoms with E-state index in [9.17, 15) is 13.2 Å². The van der Waals surface area contributed by atoms with Gasteiger partial charge >= 0.3 is 5.51 Å². The summed E-state index contributed by atoms with van der Waals surface area (Å²) >= 11 is 0. The van der Waals surface area contributed by atoms with Crippen molar-refractivity contribution in [2.24, 2.45) is 7.05 Å². The van der Waals surface area contributed by atoms with Crippen LogP contribution in [0.25, 0.3) is 0 Å². The van der Waals surface area contributed by atoms with Gasteiger partial charge in [0.1, 0.15) is 12.4 Å². The van der Waals surface area contributed by atoms with Gasteiger partial charge in [-0.25, -0.2) is 17.6 Å². The minimum Gasteiger partial charge on any atom is -0.741 e. The van der Waals surface area contributed by atoms with Gasteiger partial charge in [0.2, 0.25) is 6.33 Å². The molecular weight excluding hydrogens is 309 g/mol. The molecule has 1 rings (SSSR count). The van der Waals surface area contributed by atoms with Crippen molar-refractivity contribution in [3.8, 4) is 0 Å². The van der Waals surface area contributed by atoms with Crippen LogP contribution < -0.4 is 4.57 Å². The van der Waals surface area contributed by atoms with Gasteiger partial charge in [0.05, 0.1) is 13.6 Å². The highest BCUT2D eigenvalue weighted by molar-refractivity contribution is 7.86. The van der Waals surface area contributed by atoms with Gasteiger partial charge in [-0.05, 0) is 12.8 Å². The Balaban J connectivity index is 0.000000433. The molecule has 0 aromatic carbocycles. The van der Waals surface area contributed by atoms with E-state index in [1.54, 1.807) is 0 Å². The molecule has 0 aliphatic carbocycles. The Morgan fingerprint density at radius 1 is 1.19 bits per heavy atom. The summed E-state index contributed by atoms with van der Waals surface area (Å²) in [6.45, 7) is 3.43. The van der Waals surface area contributed by atoms with Gasteiger partial charge < -0.3 is 4.55 Å². The molecule has 1 aromatic heterocycles. The van der Waals surface area contributed by atoms with E-state index in [-0.39, 0.29) is 0 Å². The van der Waals surface area contributed by atoms with E-state index in [1.807, 2.05) is 0 Å². The largest absolute Gasteiger partial charge is 0.741 e. The number of nitrogens with zero attached hydrogens (tertiary/aromatic N) is 2. The lowest BCUT2D eigenvalue weighted by molar-refractivity contribution is -0.671. The Morgan fingerprint density at radius 3 is 2.10 bits per heavy atom. The van der Waals surface area contributed by atoms with E-state index in [4.69, 9.17) is 13.0 Å². The van der Waals surface area contributed by atoms with Gasteiger partial charge in [0.15, 0.2) is 10.1 Å². The first-order chi connectivity index (χ1) is 9.58. The lowest BCUT2D eigenvalue weighted by atomic mass is 10.1. The number of alkyl halides is 3. The highest BCUT2D eigenvalue weighted by atomic mass is 32.2. The fraction of sp³-hybridized carbons (Fsp3) is 0.750. The molecule has 0 amide bonds. The first-order valence-corrected chi connectivity index (χ1v) is 8.02. The minimum absolute atomic E-state index is 1.17. The van der Waals surface area contributed by atoms with Gasteiger partial charge in [-0.1, -0.05) is 26.2 Å². The monoisotopic (exact) mass is 330 g/mol. The van der Waals surface area contributed by atoms with Gasteiger partial charge in [0, 0.05) is 0 Å². The number of rotatable bonds is 6. The number of unbranched alkanes of at least 4 members (excludes halogenated alkanes) is 4. The molecule has 0 radical (unpaired) electrons. The Labute approximate surface area is 123 Å². The summed E-state index contributed by atoms with van der Waals surface area (Å²) < 4.78 is 63.2. The molecule has 1 aromatic rings. The summed E-state index contributed by atoms with van der Waals surface area (Å²) in [5, 5.41) is 0. The molecule has 9 heteroatoms. The zero-order chi connectivity index (χ0) is 16.5. The quantitative estimate of drug-likeness (QED) is 0.348. The SMILES string of the molecule is CCCCCCCn1cc[n+](C)c1.O=S(=O)([O-])C(F)(F)F. The number of imidazole rings is 1. The van der Waals surface area contributed by atoms with E-state index in [0.717, 1.165) is 0 Å². The molecule has 0 aliphatic heterocycles. The standard InChI is InChI=1S/C11H21N2.CHF3O3S/c1-3-4-5-6-7-8-13-10-9-12(2)11-13;2-1(3,4)8(5,6)7/h9-11H,3-8H2,1-2H3;(H,5,6,7)/q+1;/p-1. The minimum atomic E-state index is -6.09. The van der Waals surface area contributed by atoms with Gasteiger partial charge in [-0.3, -0.25) is 0 Å². The highest BCUT2D eigenvalue weighted by Crippen LogP contribution is 2.20. The maximum absolute atomic E-state index is 10.7. The predicted molar refractivity (Wildman–Crippen MR) is 70.1 cm³/mol. The van der Waals surface area contributed by atoms with Crippen LogP contribution in [0, 0.1) is 0 Å². The van der Waals surface area contributed by atoms with Crippen LogP contribution in [-0.2, 0) is 23.7 Å². The third-order valence-electron chi connectivity index (χ3n) is 2.63. The van der Waals surface area contributed by atoms with Crippen LogP contribution in [0.1, 0.15) is 39.0 Å². The second-order valence-corrected chi connectivity index (χ2v) is 6.00. The summed E-state index contributed by atoms with van der Waals surface area (Å²) in [6.07, 6.45) is 13.2. The zero-order valence-electron chi connectivity index (χ0n) is 12.1. The molecule has 0 spiro atoms. The summed E-state index contributed by atoms with van der Waals surface area (Å²) in [6, 6.07) is 0. The number of aromatic nitrogens is 2. The zero-order valence-corrected chi connectivity index (χ0v) is 13.0. The number of hydrogen-bond donors (Lipinski definition) is 0. The smallest absolute Gasteiger partial charge is 0.485 e. The van der Waals surface area contributed by atoms with Crippen LogP contribution in [0.5, 0.6) is 0 Å². The maximum Gasteiger partial charge on any atom is 0.485 e. The lowest BCUT2D eigenvalue weighted by Crippen LogP contribution is -2.23. The van der Waals surface area contributed by atoms with Crippen LogP contribution in [-0.4, -0.2) is 23.0 Å². The first kappa shape index (κ1) is 19.9. The Bertz CT molecular complexity index is 498. The second-order valence-electron chi connectivity index (χ2n) is 4.63. The molecule has 0 unspecified atom stereocenters. The average molecular weight is 330 g/mol. The molecule has 124 valence electrons. The van der Waals surface area contributed by atoms with Crippen molar-refractivity contribution in [1.29, 1.82) is 0 Å². The molecule has 0 N–H and O–H groups in total. The summed E-state index contributed by atoms with van der Waals surface area (Å²) in [7, 11) is -4.03. The van der Waals surface area contributed by atoms with Crippen molar-refractivity contribution in [2.75, 3.05) is 0 Å². The second kappa shape index (κ2) is 9.04. The van der Waals surface area contributed by atoms with E-state index in [0.29, 0.717) is 0 Å². The molecule has 0 atom stereocenters. The third kappa shape index (κ3) is 9.46. The molecular formula is C12H21F3N2O3S. The number of hydrogen-bond acceptors (Lipinski definition) is 3. The summed E-state index contributed by atoms with van der Waals surface area (Å²) in [5.74, 6) is 0. The van der Waals surface area contributed by atoms with Crippen molar-refractivity contribution >= 4 is 10.1 Å². The Morgan fingerprint density at radius 2 is 1.71 bits per heavy atom. The average Bonchev–Trinajstić information content (AvgIpc) is 2.73. The molecule has 0 fully saturated rings. The van der Waals surface area contributed by atoms with Crippen molar-refractivity contribution in [3.63, 3.8) is 0 Å². The fourth-order valence-electron chi connectivity index (χ4n) is 1.53. The molecule has 0 saturated carbocycles. The third-order valence-corrected chi connectivity index (χ3v) is 3.19. The van der Waals surface area contributed by atoms with Crippen LogP contribution >= 0.6 is 0 Å². The van der Waals surface area contributed by atoms with Crippen LogP contribution in [0.4, 0.5) is 13.2 Å². The van der Waals surface area contributed by atoms with Gasteiger partial charge in [-0.15, -0.1) is 0 Å². The summed E-state index contributed by atoms with van der Waals surface area (Å²) in [5.41, 5.74) is -5.65. The molecule has 0 saturated heterocycles. The molecule has 0 bridgehead atoms. The molecule has 1 heterocycles. The summed E-state index contributed by atoms with van der Waals surface area (Å²) in [4.78, 5) is 0. The maximum atomic E-state index is 10.7. The lowest BCUT2D eigenvalue weighted by Gasteiger charge is -2.08. The van der Waals surface area contributed by atoms with E-state index >= 15 is 0 Å². The Hall–Kier alpha value is -1.09. The van der Waals surface area contributed by atoms with Crippen LogP contribution in [0.15, 0.2) is 18.7 Å². The first-order valence-electron chi connectivity index (χ1n) is 6.61.